The Kier molecular flexibility index (Phi) is 5.16. The van der Waals surface area contributed by atoms with Gasteiger partial charge >= 0.3 is 5.69 Å². The standard InChI is InChI=1S/C16H15FN2O6S/c17-12-1-3-13(4-2-12)25-16-6-5-14(11-15(16)19(20)21)26(22,23)18-7-9-24-10-8-18/h1-6,11H,7-10H2. The Morgan fingerprint density at radius 2 is 1.77 bits per heavy atom. The van der Waals surface area contributed by atoms with E-state index >= 15 is 0 Å². The first-order valence-electron chi connectivity index (χ1n) is 7.68. The number of nitrogens with zero attached hydrogens (tertiary/aromatic N) is 2. The summed E-state index contributed by atoms with van der Waals surface area (Å²) in [4.78, 5) is 10.4. The molecule has 10 heteroatoms. The van der Waals surface area contributed by atoms with Crippen molar-refractivity contribution in [2.24, 2.45) is 0 Å². The van der Waals surface area contributed by atoms with Crippen molar-refractivity contribution >= 4 is 15.7 Å². The van der Waals surface area contributed by atoms with Crippen LogP contribution in [0.3, 0.4) is 0 Å². The van der Waals surface area contributed by atoms with Crippen LogP contribution in [-0.2, 0) is 14.8 Å². The maximum atomic E-state index is 12.9. The first kappa shape index (κ1) is 18.2. The van der Waals surface area contributed by atoms with Gasteiger partial charge < -0.3 is 9.47 Å². The fourth-order valence-corrected chi connectivity index (χ4v) is 3.88. The molecule has 0 bridgehead atoms. The summed E-state index contributed by atoms with van der Waals surface area (Å²) in [5, 5.41) is 11.4. The quantitative estimate of drug-likeness (QED) is 0.582. The van der Waals surface area contributed by atoms with Crippen LogP contribution in [0.1, 0.15) is 0 Å². The molecule has 0 spiro atoms. The van der Waals surface area contributed by atoms with E-state index in [1.54, 1.807) is 0 Å². The molecule has 0 amide bonds. The van der Waals surface area contributed by atoms with Crippen molar-refractivity contribution in [3.63, 3.8) is 0 Å². The summed E-state index contributed by atoms with van der Waals surface area (Å²) in [6.07, 6.45) is 0. The second-order valence-corrected chi connectivity index (χ2v) is 7.40. The van der Waals surface area contributed by atoms with Gasteiger partial charge in [0, 0.05) is 19.2 Å². The fraction of sp³-hybridized carbons (Fsp3) is 0.250. The number of ether oxygens (including phenoxy) is 2. The zero-order chi connectivity index (χ0) is 18.7. The van der Waals surface area contributed by atoms with Gasteiger partial charge in [0.1, 0.15) is 11.6 Å². The number of morpholine rings is 1. The summed E-state index contributed by atoms with van der Waals surface area (Å²) in [7, 11) is -3.87. The molecule has 2 aromatic rings. The number of hydrogen-bond donors (Lipinski definition) is 0. The third kappa shape index (κ3) is 3.82. The molecule has 0 unspecified atom stereocenters. The van der Waals surface area contributed by atoms with E-state index in [1.807, 2.05) is 0 Å². The first-order valence-corrected chi connectivity index (χ1v) is 9.12. The Labute approximate surface area is 149 Å². The third-order valence-corrected chi connectivity index (χ3v) is 5.67. The van der Waals surface area contributed by atoms with Crippen molar-refractivity contribution in [3.05, 3.63) is 58.4 Å². The molecule has 2 aromatic carbocycles. The van der Waals surface area contributed by atoms with E-state index in [4.69, 9.17) is 9.47 Å². The van der Waals surface area contributed by atoms with E-state index < -0.39 is 26.5 Å². The summed E-state index contributed by atoms with van der Waals surface area (Å²) < 4.78 is 50.0. The largest absolute Gasteiger partial charge is 0.450 e. The summed E-state index contributed by atoms with van der Waals surface area (Å²) in [6, 6.07) is 8.36. The van der Waals surface area contributed by atoms with E-state index in [1.165, 1.54) is 28.6 Å². The highest BCUT2D eigenvalue weighted by atomic mass is 32.2. The van der Waals surface area contributed by atoms with Gasteiger partial charge in [0.2, 0.25) is 15.8 Å². The van der Waals surface area contributed by atoms with Crippen LogP contribution in [0.25, 0.3) is 0 Å². The Morgan fingerprint density at radius 3 is 2.38 bits per heavy atom. The minimum Gasteiger partial charge on any atom is -0.450 e. The zero-order valence-electron chi connectivity index (χ0n) is 13.5. The van der Waals surface area contributed by atoms with Gasteiger partial charge in [-0.1, -0.05) is 0 Å². The van der Waals surface area contributed by atoms with Gasteiger partial charge in [-0.2, -0.15) is 4.31 Å². The normalized spacial score (nSPS) is 15.6. The van der Waals surface area contributed by atoms with E-state index in [9.17, 15) is 22.9 Å². The maximum absolute atomic E-state index is 12.9. The molecule has 1 fully saturated rings. The van der Waals surface area contributed by atoms with Crippen molar-refractivity contribution < 1.29 is 27.2 Å². The average Bonchev–Trinajstić information content (AvgIpc) is 2.64. The SMILES string of the molecule is O=[N+]([O-])c1cc(S(=O)(=O)N2CCOCC2)ccc1Oc1ccc(F)cc1. The molecule has 0 saturated carbocycles. The van der Waals surface area contributed by atoms with Gasteiger partial charge in [0.05, 0.1) is 23.0 Å². The number of nitro groups is 1. The molecule has 1 saturated heterocycles. The molecule has 1 aliphatic heterocycles. The van der Waals surface area contributed by atoms with Gasteiger partial charge in [0.15, 0.2) is 0 Å². The lowest BCUT2D eigenvalue weighted by Crippen LogP contribution is -2.40. The highest BCUT2D eigenvalue weighted by Crippen LogP contribution is 2.34. The van der Waals surface area contributed by atoms with Crippen LogP contribution in [0.4, 0.5) is 10.1 Å². The smallest absolute Gasteiger partial charge is 0.312 e. The van der Waals surface area contributed by atoms with E-state index in [-0.39, 0.29) is 42.7 Å². The number of sulfonamides is 1. The van der Waals surface area contributed by atoms with E-state index in [2.05, 4.69) is 0 Å². The van der Waals surface area contributed by atoms with Crippen molar-refractivity contribution in [1.82, 2.24) is 4.31 Å². The Morgan fingerprint density at radius 1 is 1.12 bits per heavy atom. The maximum Gasteiger partial charge on any atom is 0.312 e. The Bertz CT molecular complexity index is 911. The van der Waals surface area contributed by atoms with Crippen LogP contribution in [0.5, 0.6) is 11.5 Å². The van der Waals surface area contributed by atoms with Crippen molar-refractivity contribution in [2.45, 2.75) is 4.90 Å². The average molecular weight is 382 g/mol. The van der Waals surface area contributed by atoms with Crippen LogP contribution in [-0.4, -0.2) is 43.9 Å². The summed E-state index contributed by atoms with van der Waals surface area (Å²) >= 11 is 0. The minimum absolute atomic E-state index is 0.137. The number of benzene rings is 2. The Balaban J connectivity index is 1.93. The highest BCUT2D eigenvalue weighted by molar-refractivity contribution is 7.89. The van der Waals surface area contributed by atoms with Gasteiger partial charge in [-0.25, -0.2) is 12.8 Å². The third-order valence-electron chi connectivity index (χ3n) is 3.78. The van der Waals surface area contributed by atoms with Crippen molar-refractivity contribution in [1.29, 1.82) is 0 Å². The van der Waals surface area contributed by atoms with Crippen LogP contribution in [0.2, 0.25) is 0 Å². The van der Waals surface area contributed by atoms with Gasteiger partial charge in [-0.3, -0.25) is 10.1 Å². The van der Waals surface area contributed by atoms with Crippen LogP contribution in [0.15, 0.2) is 47.4 Å². The first-order chi connectivity index (χ1) is 12.4. The van der Waals surface area contributed by atoms with Gasteiger partial charge in [0.25, 0.3) is 0 Å². The molecule has 138 valence electrons. The second kappa shape index (κ2) is 7.36. The van der Waals surface area contributed by atoms with E-state index in [0.717, 1.165) is 18.2 Å². The molecule has 8 nitrogen and oxygen atoms in total. The molecule has 0 N–H and O–H groups in total. The fourth-order valence-electron chi connectivity index (χ4n) is 2.45. The predicted octanol–water partition coefficient (Wildman–Crippen LogP) is 2.55. The molecular formula is C16H15FN2O6S. The molecule has 0 radical (unpaired) electrons. The highest BCUT2D eigenvalue weighted by Gasteiger charge is 2.29. The zero-order valence-corrected chi connectivity index (χ0v) is 14.3. The number of nitro benzene ring substituents is 1. The van der Waals surface area contributed by atoms with Crippen LogP contribution in [0, 0.1) is 15.9 Å². The Hall–Kier alpha value is -2.56. The van der Waals surface area contributed by atoms with Crippen molar-refractivity contribution in [2.75, 3.05) is 26.3 Å². The topological polar surface area (TPSA) is 99.0 Å². The lowest BCUT2D eigenvalue weighted by Gasteiger charge is -2.26. The molecule has 1 heterocycles. The number of rotatable bonds is 5. The molecule has 0 aliphatic carbocycles. The van der Waals surface area contributed by atoms with E-state index in [0.29, 0.717) is 0 Å². The summed E-state index contributed by atoms with van der Waals surface area (Å²) in [5.41, 5.74) is -0.497. The van der Waals surface area contributed by atoms with Gasteiger partial charge in [-0.05, 0) is 36.4 Å². The van der Waals surface area contributed by atoms with Crippen molar-refractivity contribution in [3.8, 4) is 11.5 Å². The molecular weight excluding hydrogens is 367 g/mol. The monoisotopic (exact) mass is 382 g/mol. The molecule has 1 aliphatic rings. The van der Waals surface area contributed by atoms with Crippen LogP contribution < -0.4 is 4.74 Å². The predicted molar refractivity (Wildman–Crippen MR) is 89.1 cm³/mol. The molecule has 0 atom stereocenters. The summed E-state index contributed by atoms with van der Waals surface area (Å²) in [6.45, 7) is 0.911. The lowest BCUT2D eigenvalue weighted by molar-refractivity contribution is -0.385. The molecule has 0 aromatic heterocycles. The number of hydrogen-bond acceptors (Lipinski definition) is 6. The lowest BCUT2D eigenvalue weighted by atomic mass is 10.3. The molecule has 26 heavy (non-hydrogen) atoms. The van der Waals surface area contributed by atoms with Crippen LogP contribution >= 0.6 is 0 Å². The summed E-state index contributed by atoms with van der Waals surface area (Å²) in [5.74, 6) is -0.417. The number of halogens is 1. The minimum atomic E-state index is -3.87. The van der Waals surface area contributed by atoms with Gasteiger partial charge in [-0.15, -0.1) is 0 Å². The second-order valence-electron chi connectivity index (χ2n) is 5.46. The molecule has 3 rings (SSSR count).